The van der Waals surface area contributed by atoms with Gasteiger partial charge in [-0.2, -0.15) is 0 Å². The first kappa shape index (κ1) is 12.1. The molecule has 0 saturated heterocycles. The summed E-state index contributed by atoms with van der Waals surface area (Å²) < 4.78 is 2.82. The molecule has 0 aliphatic carbocycles. The van der Waals surface area contributed by atoms with Crippen LogP contribution in [-0.4, -0.2) is 14.5 Å². The second-order valence-corrected chi connectivity index (χ2v) is 5.03. The molecule has 0 aliphatic heterocycles. The summed E-state index contributed by atoms with van der Waals surface area (Å²) >= 11 is 5.40. The van der Waals surface area contributed by atoms with E-state index >= 15 is 0 Å². The number of nitrogens with zero attached hydrogens (tertiary/aromatic N) is 2. The quantitative estimate of drug-likeness (QED) is 0.736. The molecule has 4 heteroatoms. The smallest absolute Gasteiger partial charge is 0.179 e. The number of benzene rings is 1. The topological polar surface area (TPSA) is 33.6 Å². The lowest BCUT2D eigenvalue weighted by Crippen LogP contribution is -2.02. The number of H-pyrrole nitrogens is 1. The van der Waals surface area contributed by atoms with Gasteiger partial charge >= 0.3 is 0 Å². The molecular formula is C15H15N3S. The molecule has 0 bridgehead atoms. The normalized spacial score (nSPS) is 11.0. The largest absolute Gasteiger partial charge is 0.329 e. The van der Waals surface area contributed by atoms with E-state index in [-0.39, 0.29) is 0 Å². The van der Waals surface area contributed by atoms with Crippen LogP contribution in [0, 0.1) is 11.7 Å². The lowest BCUT2D eigenvalue weighted by molar-refractivity contribution is 0.700. The van der Waals surface area contributed by atoms with Crippen LogP contribution in [0.4, 0.5) is 0 Å². The van der Waals surface area contributed by atoms with E-state index < -0.39 is 0 Å². The second-order valence-electron chi connectivity index (χ2n) is 4.64. The van der Waals surface area contributed by atoms with Gasteiger partial charge in [0.15, 0.2) is 10.4 Å². The molecule has 3 rings (SSSR count). The van der Waals surface area contributed by atoms with Crippen LogP contribution in [0.5, 0.6) is 0 Å². The van der Waals surface area contributed by atoms with Crippen LogP contribution in [-0.2, 0) is 13.0 Å². The third-order valence-corrected chi connectivity index (χ3v) is 3.66. The molecule has 3 aromatic rings. The van der Waals surface area contributed by atoms with Crippen LogP contribution >= 0.6 is 12.2 Å². The van der Waals surface area contributed by atoms with Gasteiger partial charge in [-0.05, 0) is 42.8 Å². The van der Waals surface area contributed by atoms with E-state index in [1.54, 1.807) is 0 Å². The van der Waals surface area contributed by atoms with Crippen molar-refractivity contribution in [1.82, 2.24) is 14.5 Å². The number of aryl methyl sites for hydroxylation is 3. The lowest BCUT2D eigenvalue weighted by Gasteiger charge is -2.04. The molecule has 96 valence electrons. The Kier molecular flexibility index (Phi) is 3.17. The number of hydrogen-bond donors (Lipinski definition) is 1. The van der Waals surface area contributed by atoms with E-state index in [2.05, 4.69) is 45.7 Å². The van der Waals surface area contributed by atoms with E-state index in [1.165, 1.54) is 11.1 Å². The lowest BCUT2D eigenvalue weighted by atomic mass is 10.1. The first-order valence-corrected chi connectivity index (χ1v) is 6.74. The fourth-order valence-electron chi connectivity index (χ4n) is 2.27. The maximum atomic E-state index is 5.40. The number of rotatable bonds is 3. The Labute approximate surface area is 116 Å². The van der Waals surface area contributed by atoms with Crippen molar-refractivity contribution in [1.29, 1.82) is 0 Å². The minimum Gasteiger partial charge on any atom is -0.329 e. The highest BCUT2D eigenvalue weighted by Gasteiger charge is 2.07. The van der Waals surface area contributed by atoms with E-state index in [9.17, 15) is 0 Å². The van der Waals surface area contributed by atoms with Gasteiger partial charge in [0.25, 0.3) is 0 Å². The van der Waals surface area contributed by atoms with Crippen LogP contribution in [0.3, 0.4) is 0 Å². The first-order valence-electron chi connectivity index (χ1n) is 6.34. The molecule has 1 N–H and O–H groups in total. The number of fused-ring (bicyclic) bond motifs is 1. The number of pyridine rings is 1. The van der Waals surface area contributed by atoms with Gasteiger partial charge in [-0.15, -0.1) is 0 Å². The predicted molar refractivity (Wildman–Crippen MR) is 79.8 cm³/mol. The fourth-order valence-corrected chi connectivity index (χ4v) is 2.55. The zero-order valence-corrected chi connectivity index (χ0v) is 11.6. The molecule has 0 amide bonds. The number of aromatic amines is 1. The summed E-state index contributed by atoms with van der Waals surface area (Å²) in [6.45, 7) is 2.91. The van der Waals surface area contributed by atoms with E-state index in [0.717, 1.165) is 28.9 Å². The van der Waals surface area contributed by atoms with Gasteiger partial charge in [0, 0.05) is 12.7 Å². The van der Waals surface area contributed by atoms with Crippen LogP contribution in [0.1, 0.15) is 11.1 Å². The second kappa shape index (κ2) is 4.97. The van der Waals surface area contributed by atoms with Gasteiger partial charge in [0.05, 0.1) is 5.52 Å². The Balaban J connectivity index is 1.95. The molecule has 2 aromatic heterocycles. The Hall–Kier alpha value is -1.94. The minimum atomic E-state index is 0.743. The molecule has 1 aromatic carbocycles. The average molecular weight is 269 g/mol. The highest BCUT2D eigenvalue weighted by molar-refractivity contribution is 7.71. The Morgan fingerprint density at radius 2 is 2.00 bits per heavy atom. The Morgan fingerprint density at radius 1 is 1.21 bits per heavy atom. The monoisotopic (exact) mass is 269 g/mol. The number of imidazole rings is 1. The zero-order valence-electron chi connectivity index (χ0n) is 10.8. The summed E-state index contributed by atoms with van der Waals surface area (Å²) in [5.74, 6) is 0. The van der Waals surface area contributed by atoms with Crippen LogP contribution in [0.2, 0.25) is 0 Å². The Bertz CT molecular complexity index is 756. The predicted octanol–water partition coefficient (Wildman–Crippen LogP) is 3.65. The van der Waals surface area contributed by atoms with Gasteiger partial charge in [-0.1, -0.05) is 30.3 Å². The molecule has 19 heavy (non-hydrogen) atoms. The maximum Gasteiger partial charge on any atom is 0.179 e. The van der Waals surface area contributed by atoms with Crippen LogP contribution in [0.25, 0.3) is 11.2 Å². The first-order chi connectivity index (χ1) is 9.25. The summed E-state index contributed by atoms with van der Waals surface area (Å²) in [6, 6.07) is 12.4. The van der Waals surface area contributed by atoms with Gasteiger partial charge in [-0.3, -0.25) is 0 Å². The van der Waals surface area contributed by atoms with E-state index in [1.807, 2.05) is 18.3 Å². The summed E-state index contributed by atoms with van der Waals surface area (Å²) in [6.07, 6.45) is 2.79. The van der Waals surface area contributed by atoms with Gasteiger partial charge in [-0.25, -0.2) is 4.98 Å². The molecule has 2 heterocycles. The van der Waals surface area contributed by atoms with E-state index in [4.69, 9.17) is 12.2 Å². The van der Waals surface area contributed by atoms with Crippen molar-refractivity contribution < 1.29 is 0 Å². The molecule has 0 aliphatic rings. The van der Waals surface area contributed by atoms with Gasteiger partial charge < -0.3 is 9.55 Å². The van der Waals surface area contributed by atoms with Crippen molar-refractivity contribution in [3.05, 3.63) is 58.5 Å². The molecule has 0 atom stereocenters. The highest BCUT2D eigenvalue weighted by Crippen LogP contribution is 2.16. The molecule has 3 nitrogen and oxygen atoms in total. The van der Waals surface area contributed by atoms with Crippen molar-refractivity contribution in [3.8, 4) is 0 Å². The SMILES string of the molecule is Cc1ccnc2c1[nH]c(=S)n2CCc1ccccc1. The van der Waals surface area contributed by atoms with E-state index in [0.29, 0.717) is 0 Å². The minimum absolute atomic E-state index is 0.743. The standard InChI is InChI=1S/C15H15N3S/c1-11-7-9-16-14-13(11)17-15(19)18(14)10-8-12-5-3-2-4-6-12/h2-7,9H,8,10H2,1H3,(H,17,19). The van der Waals surface area contributed by atoms with Crippen LogP contribution < -0.4 is 0 Å². The van der Waals surface area contributed by atoms with Crippen molar-refractivity contribution in [2.24, 2.45) is 0 Å². The fraction of sp³-hybridized carbons (Fsp3) is 0.200. The van der Waals surface area contributed by atoms with Crippen molar-refractivity contribution in [3.63, 3.8) is 0 Å². The third kappa shape index (κ3) is 2.31. The summed E-state index contributed by atoms with van der Waals surface area (Å²) in [5.41, 5.74) is 4.47. The Morgan fingerprint density at radius 3 is 2.79 bits per heavy atom. The number of nitrogens with one attached hydrogen (secondary N) is 1. The summed E-state index contributed by atoms with van der Waals surface area (Å²) in [4.78, 5) is 7.69. The van der Waals surface area contributed by atoms with Crippen molar-refractivity contribution in [2.75, 3.05) is 0 Å². The van der Waals surface area contributed by atoms with Crippen molar-refractivity contribution in [2.45, 2.75) is 19.9 Å². The average Bonchev–Trinajstić information content (AvgIpc) is 2.75. The number of aromatic nitrogens is 3. The van der Waals surface area contributed by atoms with Gasteiger partial charge in [0.1, 0.15) is 0 Å². The summed E-state index contributed by atoms with van der Waals surface area (Å²) in [7, 11) is 0. The molecule has 0 spiro atoms. The third-order valence-electron chi connectivity index (χ3n) is 3.34. The molecule has 0 radical (unpaired) electrons. The highest BCUT2D eigenvalue weighted by atomic mass is 32.1. The molecule has 0 saturated carbocycles. The van der Waals surface area contributed by atoms with Gasteiger partial charge in [0.2, 0.25) is 0 Å². The molecular weight excluding hydrogens is 254 g/mol. The molecule has 0 fully saturated rings. The summed E-state index contributed by atoms with van der Waals surface area (Å²) in [5, 5.41) is 0. The van der Waals surface area contributed by atoms with Crippen molar-refractivity contribution >= 4 is 23.4 Å². The molecule has 0 unspecified atom stereocenters. The number of hydrogen-bond acceptors (Lipinski definition) is 2. The van der Waals surface area contributed by atoms with Crippen LogP contribution in [0.15, 0.2) is 42.6 Å². The zero-order chi connectivity index (χ0) is 13.2. The maximum absolute atomic E-state index is 5.40.